The Kier molecular flexibility index (Phi) is 3.46. The lowest BCUT2D eigenvalue weighted by molar-refractivity contribution is -0.145. The average molecular weight is 262 g/mol. The molecule has 1 aromatic rings. The molecule has 1 amide bonds. The minimum atomic E-state index is -0.405. The SMILES string of the molecule is COC(=O)C1CC(=O)N(c2cc(C)cc(C)c2N)C1. The summed E-state index contributed by atoms with van der Waals surface area (Å²) in [7, 11) is 1.33. The highest BCUT2D eigenvalue weighted by Gasteiger charge is 2.36. The van der Waals surface area contributed by atoms with Crippen molar-refractivity contribution in [1.29, 1.82) is 0 Å². The van der Waals surface area contributed by atoms with Crippen LogP contribution in [-0.4, -0.2) is 25.5 Å². The molecule has 2 rings (SSSR count). The minimum Gasteiger partial charge on any atom is -0.469 e. The highest BCUT2D eigenvalue weighted by atomic mass is 16.5. The van der Waals surface area contributed by atoms with Crippen LogP contribution in [0.5, 0.6) is 0 Å². The summed E-state index contributed by atoms with van der Waals surface area (Å²) in [6.07, 6.45) is 0.180. The van der Waals surface area contributed by atoms with E-state index in [4.69, 9.17) is 10.5 Å². The van der Waals surface area contributed by atoms with E-state index in [0.717, 1.165) is 11.1 Å². The van der Waals surface area contributed by atoms with Gasteiger partial charge in [-0.1, -0.05) is 6.07 Å². The van der Waals surface area contributed by atoms with Crippen LogP contribution in [0.2, 0.25) is 0 Å². The molecular formula is C14H18N2O3. The summed E-state index contributed by atoms with van der Waals surface area (Å²) in [6, 6.07) is 3.84. The van der Waals surface area contributed by atoms with Crippen molar-refractivity contribution in [2.45, 2.75) is 20.3 Å². The molecule has 0 bridgehead atoms. The van der Waals surface area contributed by atoms with E-state index in [1.54, 1.807) is 4.90 Å². The van der Waals surface area contributed by atoms with Gasteiger partial charge in [-0.25, -0.2) is 0 Å². The lowest BCUT2D eigenvalue weighted by Crippen LogP contribution is -2.27. The van der Waals surface area contributed by atoms with Crippen LogP contribution in [0, 0.1) is 19.8 Å². The smallest absolute Gasteiger partial charge is 0.311 e. The first-order chi connectivity index (χ1) is 8.93. The summed E-state index contributed by atoms with van der Waals surface area (Å²) in [4.78, 5) is 25.1. The molecule has 5 heteroatoms. The number of nitrogens with zero attached hydrogens (tertiary/aromatic N) is 1. The van der Waals surface area contributed by atoms with Gasteiger partial charge < -0.3 is 15.4 Å². The summed E-state index contributed by atoms with van der Waals surface area (Å²) in [5.74, 6) is -0.844. The van der Waals surface area contributed by atoms with Gasteiger partial charge in [-0.15, -0.1) is 0 Å². The van der Waals surface area contributed by atoms with Crippen molar-refractivity contribution < 1.29 is 14.3 Å². The Morgan fingerprint density at radius 1 is 1.42 bits per heavy atom. The largest absolute Gasteiger partial charge is 0.469 e. The number of carbonyl (C=O) groups is 2. The fourth-order valence-corrected chi connectivity index (χ4v) is 2.44. The fourth-order valence-electron chi connectivity index (χ4n) is 2.44. The molecule has 0 saturated carbocycles. The molecule has 1 atom stereocenters. The van der Waals surface area contributed by atoms with Crippen LogP contribution in [0.4, 0.5) is 11.4 Å². The molecule has 1 saturated heterocycles. The number of carbonyl (C=O) groups excluding carboxylic acids is 2. The molecule has 2 N–H and O–H groups in total. The van der Waals surface area contributed by atoms with Gasteiger partial charge in [-0.2, -0.15) is 0 Å². The van der Waals surface area contributed by atoms with Crippen molar-refractivity contribution in [1.82, 2.24) is 0 Å². The summed E-state index contributed by atoms with van der Waals surface area (Å²) >= 11 is 0. The molecule has 1 aliphatic heterocycles. The van der Waals surface area contributed by atoms with Gasteiger partial charge in [0.05, 0.1) is 24.4 Å². The molecule has 1 unspecified atom stereocenters. The lowest BCUT2D eigenvalue weighted by Gasteiger charge is -2.20. The second kappa shape index (κ2) is 4.91. The maximum absolute atomic E-state index is 12.0. The van der Waals surface area contributed by atoms with E-state index in [1.165, 1.54) is 7.11 Å². The van der Waals surface area contributed by atoms with Crippen LogP contribution in [0.25, 0.3) is 0 Å². The zero-order chi connectivity index (χ0) is 14.2. The van der Waals surface area contributed by atoms with Gasteiger partial charge in [0.25, 0.3) is 0 Å². The van der Waals surface area contributed by atoms with E-state index in [2.05, 4.69) is 0 Å². The van der Waals surface area contributed by atoms with Crippen LogP contribution in [-0.2, 0) is 14.3 Å². The third-order valence-electron chi connectivity index (χ3n) is 3.46. The van der Waals surface area contributed by atoms with E-state index in [-0.39, 0.29) is 18.3 Å². The third-order valence-corrected chi connectivity index (χ3v) is 3.46. The van der Waals surface area contributed by atoms with Crippen molar-refractivity contribution in [3.8, 4) is 0 Å². The highest BCUT2D eigenvalue weighted by Crippen LogP contribution is 2.33. The van der Waals surface area contributed by atoms with Crippen molar-refractivity contribution in [3.63, 3.8) is 0 Å². The number of esters is 1. The van der Waals surface area contributed by atoms with Crippen LogP contribution >= 0.6 is 0 Å². The van der Waals surface area contributed by atoms with Gasteiger partial charge in [0.15, 0.2) is 0 Å². The summed E-state index contributed by atoms with van der Waals surface area (Å²) in [6.45, 7) is 4.19. The quantitative estimate of drug-likeness (QED) is 0.646. The fraction of sp³-hybridized carbons (Fsp3) is 0.429. The molecule has 0 aromatic heterocycles. The van der Waals surface area contributed by atoms with Crippen LogP contribution in [0.15, 0.2) is 12.1 Å². The second-order valence-electron chi connectivity index (χ2n) is 4.94. The van der Waals surface area contributed by atoms with E-state index in [1.807, 2.05) is 26.0 Å². The number of benzene rings is 1. The maximum atomic E-state index is 12.0. The average Bonchev–Trinajstić information content (AvgIpc) is 2.75. The Hall–Kier alpha value is -2.04. The van der Waals surface area contributed by atoms with Gasteiger partial charge >= 0.3 is 5.97 Å². The number of methoxy groups -OCH3 is 1. The maximum Gasteiger partial charge on any atom is 0.311 e. The van der Waals surface area contributed by atoms with E-state index < -0.39 is 5.92 Å². The van der Waals surface area contributed by atoms with E-state index in [0.29, 0.717) is 17.9 Å². The van der Waals surface area contributed by atoms with E-state index >= 15 is 0 Å². The number of hydrogen-bond donors (Lipinski definition) is 1. The molecule has 5 nitrogen and oxygen atoms in total. The van der Waals surface area contributed by atoms with Gasteiger partial charge in [-0.05, 0) is 31.0 Å². The first-order valence-corrected chi connectivity index (χ1v) is 6.19. The number of rotatable bonds is 2. The van der Waals surface area contributed by atoms with Crippen molar-refractivity contribution in [3.05, 3.63) is 23.3 Å². The monoisotopic (exact) mass is 262 g/mol. The number of ether oxygens (including phenoxy) is 1. The predicted octanol–water partition coefficient (Wildman–Crippen LogP) is 1.41. The minimum absolute atomic E-state index is 0.0906. The molecule has 1 aromatic carbocycles. The normalized spacial score (nSPS) is 18.8. The Morgan fingerprint density at radius 3 is 2.74 bits per heavy atom. The Bertz CT molecular complexity index is 540. The van der Waals surface area contributed by atoms with E-state index in [9.17, 15) is 9.59 Å². The highest BCUT2D eigenvalue weighted by molar-refractivity contribution is 6.01. The molecule has 1 aliphatic rings. The number of anilines is 2. The zero-order valence-corrected chi connectivity index (χ0v) is 11.4. The zero-order valence-electron chi connectivity index (χ0n) is 11.4. The molecule has 1 heterocycles. The Balaban J connectivity index is 2.33. The van der Waals surface area contributed by atoms with Gasteiger partial charge in [-0.3, -0.25) is 9.59 Å². The number of hydrogen-bond acceptors (Lipinski definition) is 4. The van der Waals surface area contributed by atoms with Crippen LogP contribution in [0.3, 0.4) is 0 Å². The Labute approximate surface area is 112 Å². The number of amides is 1. The number of nitrogen functional groups attached to an aromatic ring is 1. The first-order valence-electron chi connectivity index (χ1n) is 6.19. The molecule has 0 spiro atoms. The van der Waals surface area contributed by atoms with Crippen molar-refractivity contribution in [2.24, 2.45) is 5.92 Å². The predicted molar refractivity (Wildman–Crippen MR) is 72.8 cm³/mol. The molecule has 0 radical (unpaired) electrons. The van der Waals surface area contributed by atoms with Crippen molar-refractivity contribution in [2.75, 3.05) is 24.3 Å². The number of aryl methyl sites for hydroxylation is 2. The number of nitrogens with two attached hydrogens (primary N) is 1. The summed E-state index contributed by atoms with van der Waals surface area (Å²) < 4.78 is 4.70. The van der Waals surface area contributed by atoms with Crippen molar-refractivity contribution >= 4 is 23.3 Å². The van der Waals surface area contributed by atoms with Gasteiger partial charge in [0.2, 0.25) is 5.91 Å². The molecular weight excluding hydrogens is 244 g/mol. The van der Waals surface area contributed by atoms with Crippen LogP contribution in [0.1, 0.15) is 17.5 Å². The van der Waals surface area contributed by atoms with Gasteiger partial charge in [0.1, 0.15) is 0 Å². The lowest BCUT2D eigenvalue weighted by atomic mass is 10.1. The second-order valence-corrected chi connectivity index (χ2v) is 4.94. The molecule has 1 fully saturated rings. The molecule has 0 aliphatic carbocycles. The van der Waals surface area contributed by atoms with Gasteiger partial charge in [0, 0.05) is 13.0 Å². The van der Waals surface area contributed by atoms with Crippen LogP contribution < -0.4 is 10.6 Å². The molecule has 19 heavy (non-hydrogen) atoms. The third kappa shape index (κ3) is 2.41. The molecule has 102 valence electrons. The first kappa shape index (κ1) is 13.4. The Morgan fingerprint density at radius 2 is 2.11 bits per heavy atom. The standard InChI is InChI=1S/C14H18N2O3/c1-8-4-9(2)13(15)11(5-8)16-7-10(6-12(16)17)14(18)19-3/h4-5,10H,6-7,15H2,1-3H3. The summed E-state index contributed by atoms with van der Waals surface area (Å²) in [5.41, 5.74) is 9.29. The summed E-state index contributed by atoms with van der Waals surface area (Å²) in [5, 5.41) is 0. The topological polar surface area (TPSA) is 72.6 Å².